The average molecular weight is 230 g/mol. The van der Waals surface area contributed by atoms with E-state index in [1.165, 1.54) is 12.8 Å². The van der Waals surface area contributed by atoms with Crippen molar-refractivity contribution in [1.82, 2.24) is 5.32 Å². The fourth-order valence-electron chi connectivity index (χ4n) is 1.61. The molecule has 1 amide bonds. The monoisotopic (exact) mass is 230 g/mol. The first-order valence-corrected chi connectivity index (χ1v) is 7.05. The van der Waals surface area contributed by atoms with Gasteiger partial charge >= 0.3 is 0 Å². The van der Waals surface area contributed by atoms with Crippen LogP contribution in [0.1, 0.15) is 32.6 Å². The molecule has 4 heteroatoms. The van der Waals surface area contributed by atoms with Crippen LogP contribution in [0.15, 0.2) is 0 Å². The largest absolute Gasteiger partial charge is 0.354 e. The molecule has 15 heavy (non-hydrogen) atoms. The van der Waals surface area contributed by atoms with Crippen LogP contribution in [0.25, 0.3) is 0 Å². The molecular weight excluding hydrogens is 208 g/mol. The molecule has 0 aromatic carbocycles. The summed E-state index contributed by atoms with van der Waals surface area (Å²) in [6, 6.07) is -0.329. The third kappa shape index (κ3) is 4.03. The van der Waals surface area contributed by atoms with E-state index in [0.29, 0.717) is 5.41 Å². The molecule has 3 nitrogen and oxygen atoms in total. The van der Waals surface area contributed by atoms with Crippen LogP contribution >= 0.6 is 11.8 Å². The van der Waals surface area contributed by atoms with E-state index in [-0.39, 0.29) is 11.9 Å². The van der Waals surface area contributed by atoms with Crippen LogP contribution in [0.4, 0.5) is 0 Å². The molecular formula is C11H22N2OS. The van der Waals surface area contributed by atoms with Gasteiger partial charge in [-0.2, -0.15) is 11.8 Å². The Balaban J connectivity index is 2.17. The standard InChI is InChI=1S/C11H22N2OS/c1-3-11(5-6-11)8-13-10(14)9(12)4-7-15-2/h9H,3-8,12H2,1-2H3,(H,13,14)/t9-/m1/s1. The summed E-state index contributed by atoms with van der Waals surface area (Å²) >= 11 is 1.73. The van der Waals surface area contributed by atoms with Crippen LogP contribution in [0, 0.1) is 5.41 Å². The summed E-state index contributed by atoms with van der Waals surface area (Å²) in [4.78, 5) is 11.6. The maximum absolute atomic E-state index is 11.6. The van der Waals surface area contributed by atoms with E-state index in [4.69, 9.17) is 5.73 Å². The highest BCUT2D eigenvalue weighted by molar-refractivity contribution is 7.98. The van der Waals surface area contributed by atoms with E-state index in [9.17, 15) is 4.79 Å². The lowest BCUT2D eigenvalue weighted by atomic mass is 10.0. The molecule has 1 fully saturated rings. The van der Waals surface area contributed by atoms with Crippen molar-refractivity contribution in [3.63, 3.8) is 0 Å². The van der Waals surface area contributed by atoms with Crippen LogP contribution in [0.5, 0.6) is 0 Å². The minimum Gasteiger partial charge on any atom is -0.354 e. The van der Waals surface area contributed by atoms with Crippen LogP contribution in [-0.2, 0) is 4.79 Å². The molecule has 3 N–H and O–H groups in total. The van der Waals surface area contributed by atoms with E-state index >= 15 is 0 Å². The first-order chi connectivity index (χ1) is 7.13. The van der Waals surface area contributed by atoms with Crippen molar-refractivity contribution in [2.24, 2.45) is 11.1 Å². The SMILES string of the molecule is CCC1(CNC(=O)[C@H](N)CCSC)CC1. The second-order valence-corrected chi connectivity index (χ2v) is 5.44. The predicted molar refractivity (Wildman–Crippen MR) is 65.9 cm³/mol. The fraction of sp³-hybridized carbons (Fsp3) is 0.909. The van der Waals surface area contributed by atoms with Gasteiger partial charge in [-0.15, -0.1) is 0 Å². The Bertz CT molecular complexity index is 217. The van der Waals surface area contributed by atoms with Crippen molar-refractivity contribution in [2.75, 3.05) is 18.6 Å². The lowest BCUT2D eigenvalue weighted by molar-refractivity contribution is -0.122. The quantitative estimate of drug-likeness (QED) is 0.694. The molecule has 1 rings (SSSR count). The van der Waals surface area contributed by atoms with Crippen LogP contribution in [0.3, 0.4) is 0 Å². The number of hydrogen-bond donors (Lipinski definition) is 2. The minimum absolute atomic E-state index is 0.0174. The van der Waals surface area contributed by atoms with Gasteiger partial charge in [0.15, 0.2) is 0 Å². The smallest absolute Gasteiger partial charge is 0.236 e. The van der Waals surface area contributed by atoms with Crippen molar-refractivity contribution in [3.8, 4) is 0 Å². The zero-order chi connectivity index (χ0) is 11.3. The van der Waals surface area contributed by atoms with Gasteiger partial charge in [-0.1, -0.05) is 6.92 Å². The molecule has 0 heterocycles. The van der Waals surface area contributed by atoms with E-state index in [1.807, 2.05) is 6.26 Å². The number of rotatable bonds is 7. The predicted octanol–water partition coefficient (Wildman–Crippen LogP) is 1.37. The molecule has 1 atom stereocenters. The van der Waals surface area contributed by atoms with Gasteiger partial charge in [-0.05, 0) is 43.1 Å². The Morgan fingerprint density at radius 3 is 2.73 bits per heavy atom. The first kappa shape index (κ1) is 12.8. The molecule has 1 aliphatic rings. The molecule has 1 aliphatic carbocycles. The van der Waals surface area contributed by atoms with Gasteiger partial charge in [0.05, 0.1) is 6.04 Å². The molecule has 88 valence electrons. The van der Waals surface area contributed by atoms with E-state index in [1.54, 1.807) is 11.8 Å². The number of nitrogens with one attached hydrogen (secondary N) is 1. The van der Waals surface area contributed by atoms with Gasteiger partial charge in [0.25, 0.3) is 0 Å². The van der Waals surface area contributed by atoms with Crippen LogP contribution in [-0.4, -0.2) is 30.5 Å². The number of carbonyl (C=O) groups is 1. The lowest BCUT2D eigenvalue weighted by Gasteiger charge is -2.16. The van der Waals surface area contributed by atoms with Gasteiger partial charge < -0.3 is 11.1 Å². The number of nitrogens with two attached hydrogens (primary N) is 1. The zero-order valence-electron chi connectivity index (χ0n) is 9.71. The number of thioether (sulfide) groups is 1. The minimum atomic E-state index is -0.329. The maximum Gasteiger partial charge on any atom is 0.236 e. The highest BCUT2D eigenvalue weighted by Crippen LogP contribution is 2.47. The van der Waals surface area contributed by atoms with E-state index in [2.05, 4.69) is 12.2 Å². The summed E-state index contributed by atoms with van der Waals surface area (Å²) in [6.45, 7) is 3.00. The van der Waals surface area contributed by atoms with Gasteiger partial charge in [0, 0.05) is 6.54 Å². The molecule has 0 saturated heterocycles. The van der Waals surface area contributed by atoms with Crippen LogP contribution in [0.2, 0.25) is 0 Å². The second-order valence-electron chi connectivity index (χ2n) is 4.46. The van der Waals surface area contributed by atoms with Gasteiger partial charge in [-0.25, -0.2) is 0 Å². The summed E-state index contributed by atoms with van der Waals surface area (Å²) < 4.78 is 0. The van der Waals surface area contributed by atoms with E-state index in [0.717, 1.165) is 25.1 Å². The van der Waals surface area contributed by atoms with Crippen molar-refractivity contribution < 1.29 is 4.79 Å². The fourth-order valence-corrected chi connectivity index (χ4v) is 2.10. The molecule has 0 aliphatic heterocycles. The van der Waals surface area contributed by atoms with Crippen LogP contribution < -0.4 is 11.1 Å². The Hall–Kier alpha value is -0.220. The molecule has 0 aromatic rings. The Morgan fingerprint density at radius 2 is 2.27 bits per heavy atom. The summed E-state index contributed by atoms with van der Waals surface area (Å²) in [6.07, 6.45) is 6.47. The molecule has 0 aromatic heterocycles. The normalized spacial score (nSPS) is 19.7. The summed E-state index contributed by atoms with van der Waals surface area (Å²) in [5.74, 6) is 0.969. The topological polar surface area (TPSA) is 55.1 Å². The Morgan fingerprint density at radius 1 is 1.60 bits per heavy atom. The third-order valence-corrected chi connectivity index (χ3v) is 3.96. The Kier molecular flexibility index (Phi) is 4.93. The molecule has 0 spiro atoms. The highest BCUT2D eigenvalue weighted by atomic mass is 32.2. The van der Waals surface area contributed by atoms with Gasteiger partial charge in [0.2, 0.25) is 5.91 Å². The molecule has 1 saturated carbocycles. The van der Waals surface area contributed by atoms with Crippen molar-refractivity contribution >= 4 is 17.7 Å². The molecule has 0 unspecified atom stereocenters. The molecule has 0 bridgehead atoms. The van der Waals surface area contributed by atoms with Crippen molar-refractivity contribution in [3.05, 3.63) is 0 Å². The molecule has 0 radical (unpaired) electrons. The van der Waals surface area contributed by atoms with Gasteiger partial charge in [-0.3, -0.25) is 4.79 Å². The third-order valence-electron chi connectivity index (χ3n) is 3.31. The summed E-state index contributed by atoms with van der Waals surface area (Å²) in [5, 5.41) is 2.97. The first-order valence-electron chi connectivity index (χ1n) is 5.66. The lowest BCUT2D eigenvalue weighted by Crippen LogP contribution is -2.43. The average Bonchev–Trinajstić information content (AvgIpc) is 3.03. The summed E-state index contributed by atoms with van der Waals surface area (Å²) in [7, 11) is 0. The second kappa shape index (κ2) is 5.75. The number of amides is 1. The van der Waals surface area contributed by atoms with E-state index < -0.39 is 0 Å². The zero-order valence-corrected chi connectivity index (χ0v) is 10.5. The van der Waals surface area contributed by atoms with Crippen molar-refractivity contribution in [1.29, 1.82) is 0 Å². The number of hydrogen-bond acceptors (Lipinski definition) is 3. The van der Waals surface area contributed by atoms with Gasteiger partial charge in [0.1, 0.15) is 0 Å². The highest BCUT2D eigenvalue weighted by Gasteiger charge is 2.40. The maximum atomic E-state index is 11.6. The summed E-state index contributed by atoms with van der Waals surface area (Å²) in [5.41, 5.74) is 6.18. The van der Waals surface area contributed by atoms with Crippen molar-refractivity contribution in [2.45, 2.75) is 38.6 Å². The Labute approximate surface area is 96.6 Å². The number of carbonyl (C=O) groups excluding carboxylic acids is 1.